The number of esters is 1. The molecule has 2 rings (SSSR count). The highest BCUT2D eigenvalue weighted by molar-refractivity contribution is 5.71. The topological polar surface area (TPSA) is 73.6 Å². The number of carbonyl (C=O) groups is 1. The molecule has 0 amide bonds. The van der Waals surface area contributed by atoms with Crippen LogP contribution in [0.25, 0.3) is 0 Å². The van der Waals surface area contributed by atoms with Crippen molar-refractivity contribution in [3.63, 3.8) is 0 Å². The van der Waals surface area contributed by atoms with E-state index in [1.54, 1.807) is 0 Å². The minimum absolute atomic E-state index is 0.136. The summed E-state index contributed by atoms with van der Waals surface area (Å²) in [5, 5.41) is 3.59. The predicted molar refractivity (Wildman–Crippen MR) is 106 cm³/mol. The molecule has 0 aliphatic carbocycles. The summed E-state index contributed by atoms with van der Waals surface area (Å²) in [5.41, 5.74) is 9.09. The Labute approximate surface area is 157 Å². The molecule has 0 bridgehead atoms. The molecule has 1 aromatic carbocycles. The molecule has 3 N–H and O–H groups in total. The lowest BCUT2D eigenvalue weighted by atomic mass is 9.92. The quantitative estimate of drug-likeness (QED) is 0.532. The van der Waals surface area contributed by atoms with Crippen LogP contribution in [0.1, 0.15) is 64.4 Å². The van der Waals surface area contributed by atoms with Gasteiger partial charge in [0.2, 0.25) is 0 Å². The van der Waals surface area contributed by atoms with E-state index in [9.17, 15) is 4.79 Å². The van der Waals surface area contributed by atoms with Crippen LogP contribution in [-0.2, 0) is 14.3 Å². The van der Waals surface area contributed by atoms with Crippen LogP contribution < -0.4 is 11.1 Å². The zero-order valence-electron chi connectivity index (χ0n) is 16.6. The van der Waals surface area contributed by atoms with Crippen molar-refractivity contribution in [2.45, 2.75) is 70.9 Å². The van der Waals surface area contributed by atoms with Gasteiger partial charge < -0.3 is 20.5 Å². The van der Waals surface area contributed by atoms with Crippen LogP contribution in [0.2, 0.25) is 0 Å². The van der Waals surface area contributed by atoms with E-state index in [1.807, 2.05) is 12.1 Å². The first-order chi connectivity index (χ1) is 12.4. The second-order valence-corrected chi connectivity index (χ2v) is 7.72. The zero-order chi connectivity index (χ0) is 19.1. The molecule has 1 aromatic rings. The van der Waals surface area contributed by atoms with E-state index in [2.05, 4.69) is 32.2 Å². The van der Waals surface area contributed by atoms with Gasteiger partial charge in [-0.1, -0.05) is 26.8 Å². The molecule has 5 heteroatoms. The number of carbonyl (C=O) groups excluding carboxylic acids is 1. The van der Waals surface area contributed by atoms with Crippen molar-refractivity contribution < 1.29 is 14.3 Å². The van der Waals surface area contributed by atoms with Crippen LogP contribution in [0.3, 0.4) is 0 Å². The SMILES string of the molecule is CCC(CC(=O)OC)c1ccc(NC2CCOC(CC(C)C)C2)c(N)c1. The van der Waals surface area contributed by atoms with Crippen molar-refractivity contribution in [3.05, 3.63) is 23.8 Å². The molecule has 3 unspecified atom stereocenters. The van der Waals surface area contributed by atoms with Crippen molar-refractivity contribution >= 4 is 17.3 Å². The van der Waals surface area contributed by atoms with Gasteiger partial charge in [-0.15, -0.1) is 0 Å². The van der Waals surface area contributed by atoms with Gasteiger partial charge in [0.25, 0.3) is 0 Å². The van der Waals surface area contributed by atoms with Gasteiger partial charge in [0.1, 0.15) is 0 Å². The molecular formula is C21H34N2O3. The molecule has 5 nitrogen and oxygen atoms in total. The van der Waals surface area contributed by atoms with Gasteiger partial charge in [-0.3, -0.25) is 4.79 Å². The van der Waals surface area contributed by atoms with E-state index >= 15 is 0 Å². The number of hydrogen-bond acceptors (Lipinski definition) is 5. The Morgan fingerprint density at radius 3 is 2.81 bits per heavy atom. The van der Waals surface area contributed by atoms with Gasteiger partial charge in [-0.25, -0.2) is 0 Å². The first kappa shape index (κ1) is 20.6. The summed E-state index contributed by atoms with van der Waals surface area (Å²) in [6.45, 7) is 7.34. The van der Waals surface area contributed by atoms with Crippen LogP contribution in [0, 0.1) is 5.92 Å². The lowest BCUT2D eigenvalue weighted by Crippen LogP contribution is -2.34. The molecular weight excluding hydrogens is 328 g/mol. The van der Waals surface area contributed by atoms with E-state index in [0.29, 0.717) is 24.5 Å². The monoisotopic (exact) mass is 362 g/mol. The van der Waals surface area contributed by atoms with Crippen LogP contribution in [-0.4, -0.2) is 31.8 Å². The fraction of sp³-hybridized carbons (Fsp3) is 0.667. The molecule has 146 valence electrons. The maximum atomic E-state index is 11.6. The molecule has 3 atom stereocenters. The summed E-state index contributed by atoms with van der Waals surface area (Å²) < 4.78 is 10.7. The third-order valence-electron chi connectivity index (χ3n) is 5.14. The normalized spacial score (nSPS) is 21.4. The summed E-state index contributed by atoms with van der Waals surface area (Å²) in [6.07, 6.45) is 4.69. The number of hydrogen-bond donors (Lipinski definition) is 2. The van der Waals surface area contributed by atoms with E-state index < -0.39 is 0 Å². The standard InChI is InChI=1S/C21H34N2O3/c1-5-15(12-21(24)25-4)16-6-7-20(19(22)11-16)23-17-8-9-26-18(13-17)10-14(2)3/h6-7,11,14-15,17-18,23H,5,8-10,12-13,22H2,1-4H3. The average Bonchev–Trinajstić information content (AvgIpc) is 2.61. The Morgan fingerprint density at radius 1 is 1.42 bits per heavy atom. The minimum Gasteiger partial charge on any atom is -0.469 e. The average molecular weight is 363 g/mol. The summed E-state index contributed by atoms with van der Waals surface area (Å²) >= 11 is 0. The lowest BCUT2D eigenvalue weighted by Gasteiger charge is -2.32. The van der Waals surface area contributed by atoms with Crippen LogP contribution in [0.5, 0.6) is 0 Å². The molecule has 26 heavy (non-hydrogen) atoms. The van der Waals surface area contributed by atoms with Crippen molar-refractivity contribution in [1.29, 1.82) is 0 Å². The predicted octanol–water partition coefficient (Wildman–Crippen LogP) is 4.33. The Hall–Kier alpha value is -1.75. The second kappa shape index (κ2) is 9.81. The maximum absolute atomic E-state index is 11.6. The van der Waals surface area contributed by atoms with Gasteiger partial charge in [0, 0.05) is 12.6 Å². The van der Waals surface area contributed by atoms with Crippen LogP contribution in [0.15, 0.2) is 18.2 Å². The summed E-state index contributed by atoms with van der Waals surface area (Å²) in [7, 11) is 1.43. The third-order valence-corrected chi connectivity index (χ3v) is 5.14. The summed E-state index contributed by atoms with van der Waals surface area (Å²) in [4.78, 5) is 11.6. The highest BCUT2D eigenvalue weighted by Gasteiger charge is 2.24. The molecule has 1 aliphatic rings. The van der Waals surface area contributed by atoms with Gasteiger partial charge in [0.05, 0.1) is 31.0 Å². The van der Waals surface area contributed by atoms with Gasteiger partial charge in [0.15, 0.2) is 0 Å². The van der Waals surface area contributed by atoms with Crippen LogP contribution >= 0.6 is 0 Å². The fourth-order valence-electron chi connectivity index (χ4n) is 3.67. The Kier molecular flexibility index (Phi) is 7.76. The molecule has 0 saturated carbocycles. The number of rotatable bonds is 8. The number of methoxy groups -OCH3 is 1. The van der Waals surface area contributed by atoms with Gasteiger partial charge >= 0.3 is 5.97 Å². The molecule has 0 radical (unpaired) electrons. The number of nitrogen functional groups attached to an aromatic ring is 1. The number of nitrogens with one attached hydrogen (secondary N) is 1. The van der Waals surface area contributed by atoms with Gasteiger partial charge in [-0.2, -0.15) is 0 Å². The molecule has 1 saturated heterocycles. The second-order valence-electron chi connectivity index (χ2n) is 7.72. The lowest BCUT2D eigenvalue weighted by molar-refractivity contribution is -0.141. The highest BCUT2D eigenvalue weighted by atomic mass is 16.5. The van der Waals surface area contributed by atoms with Crippen molar-refractivity contribution in [2.24, 2.45) is 5.92 Å². The highest BCUT2D eigenvalue weighted by Crippen LogP contribution is 2.31. The summed E-state index contributed by atoms with van der Waals surface area (Å²) in [6, 6.07) is 6.49. The van der Waals surface area contributed by atoms with Crippen molar-refractivity contribution in [2.75, 3.05) is 24.8 Å². The van der Waals surface area contributed by atoms with Crippen LogP contribution in [0.4, 0.5) is 11.4 Å². The molecule has 0 aromatic heterocycles. The Bertz CT molecular complexity index is 589. The van der Waals surface area contributed by atoms with E-state index in [0.717, 1.165) is 49.2 Å². The number of nitrogens with two attached hydrogens (primary N) is 1. The van der Waals surface area contributed by atoms with E-state index in [-0.39, 0.29) is 11.9 Å². The molecule has 0 spiro atoms. The third kappa shape index (κ3) is 5.90. The van der Waals surface area contributed by atoms with Crippen molar-refractivity contribution in [3.8, 4) is 0 Å². The fourth-order valence-corrected chi connectivity index (χ4v) is 3.67. The molecule has 1 fully saturated rings. The minimum atomic E-state index is -0.184. The number of ether oxygens (including phenoxy) is 2. The molecule has 1 aliphatic heterocycles. The largest absolute Gasteiger partial charge is 0.469 e. The van der Waals surface area contributed by atoms with E-state index in [4.69, 9.17) is 15.2 Å². The first-order valence-electron chi connectivity index (χ1n) is 9.77. The zero-order valence-corrected chi connectivity index (χ0v) is 16.6. The van der Waals surface area contributed by atoms with E-state index in [1.165, 1.54) is 7.11 Å². The Morgan fingerprint density at radius 2 is 2.19 bits per heavy atom. The van der Waals surface area contributed by atoms with Gasteiger partial charge in [-0.05, 0) is 55.2 Å². The number of benzene rings is 1. The maximum Gasteiger partial charge on any atom is 0.306 e. The summed E-state index contributed by atoms with van der Waals surface area (Å²) in [5.74, 6) is 0.595. The van der Waals surface area contributed by atoms with Crippen molar-refractivity contribution in [1.82, 2.24) is 0 Å². The smallest absolute Gasteiger partial charge is 0.306 e. The number of anilines is 2. The first-order valence-corrected chi connectivity index (χ1v) is 9.77. The Balaban J connectivity index is 2.01. The molecule has 1 heterocycles.